The molecule has 0 spiro atoms. The molecule has 2 aliphatic heterocycles. The van der Waals surface area contributed by atoms with E-state index in [0.29, 0.717) is 23.5 Å². The van der Waals surface area contributed by atoms with E-state index in [1.807, 2.05) is 78.2 Å². The summed E-state index contributed by atoms with van der Waals surface area (Å²) in [6.45, 7) is 12.9. The van der Waals surface area contributed by atoms with Crippen molar-refractivity contribution in [2.45, 2.75) is 103 Å². The van der Waals surface area contributed by atoms with E-state index >= 15 is 0 Å². The van der Waals surface area contributed by atoms with Gasteiger partial charge < -0.3 is 33.1 Å². The predicted octanol–water partition coefficient (Wildman–Crippen LogP) is 5.73. The molecule has 4 atom stereocenters. The van der Waals surface area contributed by atoms with Gasteiger partial charge in [0.2, 0.25) is 0 Å². The minimum Gasteiger partial charge on any atom is -0.364 e. The maximum Gasteiger partial charge on any atom is 0.328 e. The molecule has 11 nitrogen and oxygen atoms in total. The third kappa shape index (κ3) is 7.32. The molecule has 0 amide bonds. The van der Waals surface area contributed by atoms with Crippen LogP contribution < -0.4 is 5.32 Å². The largest absolute Gasteiger partial charge is 0.364 e. The molecule has 2 aromatic heterocycles. The van der Waals surface area contributed by atoms with Crippen LogP contribution in [0.15, 0.2) is 43.0 Å². The first kappa shape index (κ1) is 30.4. The van der Waals surface area contributed by atoms with Crippen LogP contribution in [-0.4, -0.2) is 61.4 Å². The van der Waals surface area contributed by atoms with Crippen molar-refractivity contribution in [1.29, 1.82) is 0 Å². The lowest BCUT2D eigenvalue weighted by molar-refractivity contribution is -0.199. The summed E-state index contributed by atoms with van der Waals surface area (Å²) in [7, 11) is 0. The van der Waals surface area contributed by atoms with Gasteiger partial charge in [-0.1, -0.05) is 30.3 Å². The second-order valence-corrected chi connectivity index (χ2v) is 15.5. The Labute approximate surface area is 246 Å². The number of aromatic nitrogens is 4. The van der Waals surface area contributed by atoms with Crippen molar-refractivity contribution in [2.75, 3.05) is 11.9 Å². The van der Waals surface area contributed by atoms with Crippen LogP contribution in [0.25, 0.3) is 11.2 Å². The maximum absolute atomic E-state index is 6.53. The summed E-state index contributed by atoms with van der Waals surface area (Å²) in [6.07, 6.45) is 1.29. The zero-order valence-corrected chi connectivity index (χ0v) is 26.6. The quantitative estimate of drug-likeness (QED) is 0.302. The molecule has 0 aliphatic carbocycles. The first-order chi connectivity index (χ1) is 19.1. The van der Waals surface area contributed by atoms with Crippen molar-refractivity contribution < 1.29 is 27.8 Å². The molecular formula is C28H40N5O6PS. The number of fused-ring (bicyclic) bond motifs is 2. The van der Waals surface area contributed by atoms with Gasteiger partial charge in [-0.2, -0.15) is 0 Å². The number of nitrogens with zero attached hydrogens (tertiary/aromatic N) is 4. The Kier molecular flexibility index (Phi) is 8.34. The Morgan fingerprint density at radius 1 is 0.976 bits per heavy atom. The van der Waals surface area contributed by atoms with E-state index < -0.39 is 48.2 Å². The highest BCUT2D eigenvalue weighted by Crippen LogP contribution is 2.56. The molecule has 1 N–H and O–H groups in total. The van der Waals surface area contributed by atoms with Crippen molar-refractivity contribution in [3.8, 4) is 0 Å². The zero-order chi connectivity index (χ0) is 29.6. The van der Waals surface area contributed by atoms with Crippen LogP contribution in [0.3, 0.4) is 0 Å². The van der Waals surface area contributed by atoms with Crippen LogP contribution in [0.4, 0.5) is 5.82 Å². The molecule has 2 aliphatic rings. The molecule has 13 heteroatoms. The van der Waals surface area contributed by atoms with Gasteiger partial charge in [-0.05, 0) is 72.8 Å². The Balaban J connectivity index is 1.38. The molecule has 2 saturated heterocycles. The van der Waals surface area contributed by atoms with Crippen LogP contribution in [0.5, 0.6) is 0 Å². The fraction of sp³-hybridized carbons (Fsp3) is 0.607. The van der Waals surface area contributed by atoms with Crippen LogP contribution in [0.2, 0.25) is 0 Å². The lowest BCUT2D eigenvalue weighted by Gasteiger charge is -2.34. The van der Waals surface area contributed by atoms with Gasteiger partial charge in [0, 0.05) is 6.54 Å². The molecular weight excluding hydrogens is 565 g/mol. The van der Waals surface area contributed by atoms with Gasteiger partial charge in [0.05, 0.1) is 24.1 Å². The van der Waals surface area contributed by atoms with E-state index in [2.05, 4.69) is 32.4 Å². The fourth-order valence-corrected chi connectivity index (χ4v) is 8.21. The Morgan fingerprint density at radius 2 is 1.63 bits per heavy atom. The van der Waals surface area contributed by atoms with Crippen LogP contribution in [0, 0.1) is 0 Å². The van der Waals surface area contributed by atoms with Gasteiger partial charge in [-0.3, -0.25) is 4.57 Å². The average molecular weight is 606 g/mol. The van der Waals surface area contributed by atoms with E-state index in [4.69, 9.17) is 39.6 Å². The second-order valence-electron chi connectivity index (χ2n) is 12.7. The number of hydrogen-bond acceptors (Lipinski definition) is 11. The molecule has 0 radical (unpaired) electrons. The summed E-state index contributed by atoms with van der Waals surface area (Å²) in [5.74, 6) is -0.178. The maximum atomic E-state index is 6.53. The topological polar surface area (TPSA) is 111 Å². The van der Waals surface area contributed by atoms with Crippen LogP contribution >= 0.6 is 6.72 Å². The fourth-order valence-electron chi connectivity index (χ4n) is 4.87. The van der Waals surface area contributed by atoms with Crippen molar-refractivity contribution >= 4 is 35.5 Å². The summed E-state index contributed by atoms with van der Waals surface area (Å²) in [5.41, 5.74) is 1.27. The number of imidazole rings is 1. The summed E-state index contributed by atoms with van der Waals surface area (Å²) >= 11 is 5.82. The molecule has 4 unspecified atom stereocenters. The molecule has 2 fully saturated rings. The number of rotatable bonds is 9. The molecule has 5 rings (SSSR count). The van der Waals surface area contributed by atoms with E-state index in [0.717, 1.165) is 5.56 Å². The highest BCUT2D eigenvalue weighted by Gasteiger charge is 2.56. The summed E-state index contributed by atoms with van der Waals surface area (Å²) in [5, 5.41) is 3.37. The Bertz CT molecular complexity index is 1390. The second kappa shape index (κ2) is 11.2. The zero-order valence-electron chi connectivity index (χ0n) is 24.9. The SMILES string of the molecule is CC(C)(C)OP(=S)(OCC1OC(n2cnc3c(NCc4ccccc4)ncnc32)C2OC(C)(C)OC12)OC(C)(C)C. The van der Waals surface area contributed by atoms with Crippen LogP contribution in [-0.2, 0) is 46.1 Å². The smallest absolute Gasteiger partial charge is 0.328 e. The first-order valence-corrected chi connectivity index (χ1v) is 16.3. The Morgan fingerprint density at radius 3 is 2.29 bits per heavy atom. The monoisotopic (exact) mass is 605 g/mol. The normalized spacial score (nSPS) is 24.6. The first-order valence-electron chi connectivity index (χ1n) is 13.7. The predicted molar refractivity (Wildman–Crippen MR) is 159 cm³/mol. The van der Waals surface area contributed by atoms with Gasteiger partial charge in [-0.15, -0.1) is 0 Å². The Hall–Kier alpha value is -2.02. The minimum atomic E-state index is -3.13. The third-order valence-electron chi connectivity index (χ3n) is 6.23. The molecule has 0 saturated carbocycles. The molecule has 41 heavy (non-hydrogen) atoms. The van der Waals surface area contributed by atoms with Crippen molar-refractivity contribution in [2.24, 2.45) is 0 Å². The summed E-state index contributed by atoms with van der Waals surface area (Å²) in [4.78, 5) is 13.6. The lowest BCUT2D eigenvalue weighted by Crippen LogP contribution is -2.33. The van der Waals surface area contributed by atoms with E-state index in [-0.39, 0.29) is 6.61 Å². The highest BCUT2D eigenvalue weighted by molar-refractivity contribution is 8.07. The van der Waals surface area contributed by atoms with Crippen molar-refractivity contribution in [3.63, 3.8) is 0 Å². The standard InChI is InChI=1S/C28H40N5O6PS/c1-26(2,3)38-40(41,39-27(4,5)6)34-15-19-21-22(37-28(7,8)36-21)25(35-19)33-17-32-20-23(30-16-31-24(20)33)29-14-18-12-10-9-11-13-18/h9-13,16-17,19,21-22,25H,14-15H2,1-8H3,(H,29,30,31). The number of hydrogen-bond donors (Lipinski definition) is 1. The van der Waals surface area contributed by atoms with Gasteiger partial charge >= 0.3 is 6.72 Å². The number of benzene rings is 1. The molecule has 224 valence electrons. The molecule has 0 bridgehead atoms. The average Bonchev–Trinajstić information content (AvgIpc) is 3.50. The van der Waals surface area contributed by atoms with Gasteiger partial charge in [0.25, 0.3) is 0 Å². The number of anilines is 1. The van der Waals surface area contributed by atoms with Gasteiger partial charge in [0.1, 0.15) is 24.6 Å². The van der Waals surface area contributed by atoms with E-state index in [9.17, 15) is 0 Å². The van der Waals surface area contributed by atoms with Crippen molar-refractivity contribution in [1.82, 2.24) is 19.5 Å². The lowest BCUT2D eigenvalue weighted by atomic mass is 10.1. The molecule has 1 aromatic carbocycles. The summed E-state index contributed by atoms with van der Waals surface area (Å²) in [6, 6.07) is 10.1. The van der Waals surface area contributed by atoms with Crippen LogP contribution in [0.1, 0.15) is 67.2 Å². The molecule has 3 aromatic rings. The third-order valence-corrected chi connectivity index (χ3v) is 9.00. The van der Waals surface area contributed by atoms with E-state index in [1.165, 1.54) is 6.33 Å². The van der Waals surface area contributed by atoms with Crippen molar-refractivity contribution in [3.05, 3.63) is 48.5 Å². The highest BCUT2D eigenvalue weighted by atomic mass is 32.5. The van der Waals surface area contributed by atoms with E-state index in [1.54, 1.807) is 6.33 Å². The number of ether oxygens (including phenoxy) is 3. The minimum absolute atomic E-state index is 0.103. The van der Waals surface area contributed by atoms with Gasteiger partial charge in [-0.25, -0.2) is 15.0 Å². The summed E-state index contributed by atoms with van der Waals surface area (Å²) < 4.78 is 39.6. The van der Waals surface area contributed by atoms with Gasteiger partial charge in [0.15, 0.2) is 29.0 Å². The molecule has 4 heterocycles. The number of nitrogens with one attached hydrogen (secondary N) is 1.